The van der Waals surface area contributed by atoms with Crippen LogP contribution in [0.3, 0.4) is 0 Å². The molecule has 2 aliphatic heterocycles. The Bertz CT molecular complexity index is 2420. The lowest BCUT2D eigenvalue weighted by Crippen LogP contribution is -2.57. The minimum absolute atomic E-state index is 0.0618. The predicted octanol–water partition coefficient (Wildman–Crippen LogP) is 9.45. The van der Waals surface area contributed by atoms with E-state index < -0.39 is 0 Å². The van der Waals surface area contributed by atoms with Crippen molar-refractivity contribution in [2.24, 2.45) is 0 Å². The molecule has 0 amide bonds. The minimum atomic E-state index is 0.0618. The van der Waals surface area contributed by atoms with Gasteiger partial charge in [-0.05, 0) is 82.7 Å². The summed E-state index contributed by atoms with van der Waals surface area (Å²) in [4.78, 5) is 2.26. The highest BCUT2D eigenvalue weighted by molar-refractivity contribution is 6.98. The van der Waals surface area contributed by atoms with Gasteiger partial charge in [-0.25, -0.2) is 0 Å². The fraction of sp³-hybridized carbons (Fsp3) is 0. The van der Waals surface area contributed by atoms with Gasteiger partial charge >= 0.3 is 0 Å². The number of rotatable bonds is 4. The van der Waals surface area contributed by atoms with Crippen LogP contribution in [0.5, 0.6) is 23.0 Å². The quantitative estimate of drug-likeness (QED) is 0.188. The Hall–Kier alpha value is -6.20. The van der Waals surface area contributed by atoms with Crippen LogP contribution < -0.4 is 30.8 Å². The molecule has 3 heterocycles. The zero-order chi connectivity index (χ0) is 30.9. The molecule has 47 heavy (non-hydrogen) atoms. The molecule has 0 radical (unpaired) electrons. The molecule has 8 aromatic rings. The number of anilines is 3. The molecular formula is C42H26BNO3. The number of hydrogen-bond acceptors (Lipinski definition) is 4. The summed E-state index contributed by atoms with van der Waals surface area (Å²) in [7, 11) is 0. The van der Waals surface area contributed by atoms with Gasteiger partial charge in [-0.15, -0.1) is 0 Å². The third-order valence-corrected chi connectivity index (χ3v) is 9.39. The summed E-state index contributed by atoms with van der Waals surface area (Å²) in [5.41, 5.74) is 10.3. The van der Waals surface area contributed by atoms with Crippen molar-refractivity contribution in [3.63, 3.8) is 0 Å². The largest absolute Gasteiger partial charge is 0.458 e. The molecule has 0 aliphatic carbocycles. The van der Waals surface area contributed by atoms with Crippen LogP contribution in [-0.4, -0.2) is 6.71 Å². The van der Waals surface area contributed by atoms with Crippen LogP contribution in [0, 0.1) is 0 Å². The highest BCUT2D eigenvalue weighted by atomic mass is 16.5. The summed E-state index contributed by atoms with van der Waals surface area (Å²) in [5.74, 6) is 3.45. The summed E-state index contributed by atoms with van der Waals surface area (Å²) in [5, 5.41) is 2.21. The number of para-hydroxylation sites is 5. The van der Waals surface area contributed by atoms with Gasteiger partial charge in [0.2, 0.25) is 0 Å². The van der Waals surface area contributed by atoms with Crippen LogP contribution in [0.15, 0.2) is 162 Å². The molecule has 0 unspecified atom stereocenters. The number of ether oxygens (including phenoxy) is 2. The molecular weight excluding hydrogens is 577 g/mol. The number of furan rings is 1. The molecule has 220 valence electrons. The maximum Gasteiger partial charge on any atom is 0.260 e. The van der Waals surface area contributed by atoms with Crippen molar-refractivity contribution in [3.05, 3.63) is 158 Å². The van der Waals surface area contributed by atoms with Gasteiger partial charge in [-0.2, -0.15) is 0 Å². The molecule has 0 bridgehead atoms. The van der Waals surface area contributed by atoms with Crippen LogP contribution in [0.2, 0.25) is 0 Å². The third kappa shape index (κ3) is 4.03. The summed E-state index contributed by atoms with van der Waals surface area (Å²) in [6, 6.07) is 54.6. The molecule has 4 nitrogen and oxygen atoms in total. The molecule has 5 heteroatoms. The van der Waals surface area contributed by atoms with E-state index in [4.69, 9.17) is 13.9 Å². The maximum atomic E-state index is 6.55. The molecule has 0 atom stereocenters. The second-order valence-electron chi connectivity index (χ2n) is 12.1. The van der Waals surface area contributed by atoms with E-state index in [1.165, 1.54) is 0 Å². The number of fused-ring (bicyclic) bond motifs is 7. The van der Waals surface area contributed by atoms with E-state index in [1.54, 1.807) is 0 Å². The number of hydrogen-bond donors (Lipinski definition) is 0. The van der Waals surface area contributed by atoms with Gasteiger partial charge in [-0.1, -0.05) is 97.1 Å². The van der Waals surface area contributed by atoms with Crippen LogP contribution in [-0.2, 0) is 0 Å². The van der Waals surface area contributed by atoms with Gasteiger partial charge in [0.1, 0.15) is 28.6 Å². The van der Waals surface area contributed by atoms with Crippen LogP contribution in [0.25, 0.3) is 33.1 Å². The van der Waals surface area contributed by atoms with Gasteiger partial charge in [0, 0.05) is 27.6 Å². The molecule has 10 rings (SSSR count). The normalized spacial score (nSPS) is 12.6. The molecule has 0 spiro atoms. The molecule has 2 aliphatic rings. The van der Waals surface area contributed by atoms with Crippen molar-refractivity contribution in [2.75, 3.05) is 4.90 Å². The highest BCUT2D eigenvalue weighted by Gasteiger charge is 2.40. The third-order valence-electron chi connectivity index (χ3n) is 9.39. The molecule has 0 fully saturated rings. The van der Waals surface area contributed by atoms with Crippen molar-refractivity contribution >= 4 is 62.1 Å². The van der Waals surface area contributed by atoms with E-state index >= 15 is 0 Å². The number of nitrogens with zero attached hydrogens (tertiary/aromatic N) is 1. The smallest absolute Gasteiger partial charge is 0.260 e. The van der Waals surface area contributed by atoms with Gasteiger partial charge in [0.15, 0.2) is 5.58 Å². The zero-order valence-corrected chi connectivity index (χ0v) is 25.3. The lowest BCUT2D eigenvalue weighted by Gasteiger charge is -2.33. The Morgan fingerprint density at radius 1 is 0.447 bits per heavy atom. The van der Waals surface area contributed by atoms with Crippen molar-refractivity contribution in [1.29, 1.82) is 0 Å². The van der Waals surface area contributed by atoms with E-state index in [0.717, 1.165) is 89.5 Å². The maximum absolute atomic E-state index is 6.55. The SMILES string of the molecule is c1ccc(N(c2ccc(-c3cc4c5c(c3)Oc3ccccc3B5c3ccccc3O4)cc2)c2cccc3c2oc2ccccc23)cc1. The first-order valence-corrected chi connectivity index (χ1v) is 15.9. The fourth-order valence-electron chi connectivity index (χ4n) is 7.28. The summed E-state index contributed by atoms with van der Waals surface area (Å²) in [6.45, 7) is 0.0618. The molecule has 7 aromatic carbocycles. The van der Waals surface area contributed by atoms with E-state index in [2.05, 4.69) is 132 Å². The van der Waals surface area contributed by atoms with Crippen LogP contribution in [0.1, 0.15) is 0 Å². The number of benzene rings is 7. The molecule has 1 aromatic heterocycles. The van der Waals surface area contributed by atoms with Gasteiger partial charge in [0.25, 0.3) is 6.71 Å². The van der Waals surface area contributed by atoms with Crippen molar-refractivity contribution in [2.45, 2.75) is 0 Å². The Morgan fingerprint density at radius 3 is 1.77 bits per heavy atom. The summed E-state index contributed by atoms with van der Waals surface area (Å²) < 4.78 is 19.6. The van der Waals surface area contributed by atoms with Gasteiger partial charge in [-0.3, -0.25) is 0 Å². The first-order chi connectivity index (χ1) is 23.3. The first kappa shape index (κ1) is 26.1. The second kappa shape index (κ2) is 10.2. The second-order valence-corrected chi connectivity index (χ2v) is 12.1. The highest BCUT2D eigenvalue weighted by Crippen LogP contribution is 2.43. The lowest BCUT2D eigenvalue weighted by molar-refractivity contribution is 0.465. The van der Waals surface area contributed by atoms with Crippen LogP contribution >= 0.6 is 0 Å². The van der Waals surface area contributed by atoms with Crippen molar-refractivity contribution < 1.29 is 13.9 Å². The monoisotopic (exact) mass is 603 g/mol. The van der Waals surface area contributed by atoms with E-state index in [0.29, 0.717) is 0 Å². The van der Waals surface area contributed by atoms with Crippen molar-refractivity contribution in [3.8, 4) is 34.1 Å². The average Bonchev–Trinajstić information content (AvgIpc) is 3.52. The van der Waals surface area contributed by atoms with Crippen molar-refractivity contribution in [1.82, 2.24) is 0 Å². The molecule has 0 N–H and O–H groups in total. The molecule has 0 saturated heterocycles. The minimum Gasteiger partial charge on any atom is -0.458 e. The summed E-state index contributed by atoms with van der Waals surface area (Å²) >= 11 is 0. The van der Waals surface area contributed by atoms with Gasteiger partial charge < -0.3 is 18.8 Å². The van der Waals surface area contributed by atoms with E-state index in [9.17, 15) is 0 Å². The first-order valence-electron chi connectivity index (χ1n) is 15.9. The van der Waals surface area contributed by atoms with Crippen LogP contribution in [0.4, 0.5) is 17.1 Å². The Kier molecular flexibility index (Phi) is 5.63. The standard InChI is InChI=1S/C42H26BNO3/c1-2-11-29(12-3-1)44(35-17-10-14-32-31-13-4-7-18-36(31)47-42(32)35)30-23-21-27(22-24-30)28-25-39-41-40(26-28)46-38-20-9-6-16-34(38)43(41)33-15-5-8-19-37(33)45-39/h1-26H. The Morgan fingerprint density at radius 2 is 1.04 bits per heavy atom. The zero-order valence-electron chi connectivity index (χ0n) is 25.3. The Balaban J connectivity index is 1.09. The molecule has 0 saturated carbocycles. The average molecular weight is 603 g/mol. The lowest BCUT2D eigenvalue weighted by atomic mass is 9.35. The predicted molar refractivity (Wildman–Crippen MR) is 192 cm³/mol. The van der Waals surface area contributed by atoms with Gasteiger partial charge in [0.05, 0.1) is 5.69 Å². The topological polar surface area (TPSA) is 34.8 Å². The Labute approximate surface area is 272 Å². The summed E-state index contributed by atoms with van der Waals surface area (Å²) in [6.07, 6.45) is 0. The van der Waals surface area contributed by atoms with E-state index in [1.807, 2.05) is 30.3 Å². The fourth-order valence-corrected chi connectivity index (χ4v) is 7.28. The van der Waals surface area contributed by atoms with E-state index in [-0.39, 0.29) is 6.71 Å².